The summed E-state index contributed by atoms with van der Waals surface area (Å²) in [5.41, 5.74) is 2.16. The number of carbonyl (C=O) groups is 1. The van der Waals surface area contributed by atoms with E-state index in [4.69, 9.17) is 9.84 Å². The van der Waals surface area contributed by atoms with Gasteiger partial charge in [-0.05, 0) is 62.6 Å². The fraction of sp³-hybridized carbons (Fsp3) is 0.588. The third-order valence-electron chi connectivity index (χ3n) is 4.17. The zero-order valence-electron chi connectivity index (χ0n) is 12.9. The van der Waals surface area contributed by atoms with Gasteiger partial charge in [-0.2, -0.15) is 0 Å². The number of ether oxygens (including phenoxy) is 1. The molecule has 0 spiro atoms. The summed E-state index contributed by atoms with van der Waals surface area (Å²) in [6.45, 7) is 4.30. The Morgan fingerprint density at radius 2 is 2.00 bits per heavy atom. The predicted octanol–water partition coefficient (Wildman–Crippen LogP) is 2.35. The number of aryl methyl sites for hydroxylation is 2. The van der Waals surface area contributed by atoms with Gasteiger partial charge in [0.05, 0.1) is 0 Å². The van der Waals surface area contributed by atoms with Gasteiger partial charge in [-0.25, -0.2) is 0 Å². The molecule has 0 aliphatic heterocycles. The number of carbonyl (C=O) groups excluding carboxylic acids is 1. The summed E-state index contributed by atoms with van der Waals surface area (Å²) in [6.07, 6.45) is 3.86. The molecule has 2 rings (SSSR count). The van der Waals surface area contributed by atoms with E-state index in [2.05, 4.69) is 5.32 Å². The number of amides is 1. The van der Waals surface area contributed by atoms with E-state index < -0.39 is 0 Å². The van der Waals surface area contributed by atoms with Crippen molar-refractivity contribution in [3.8, 4) is 5.75 Å². The van der Waals surface area contributed by atoms with Crippen LogP contribution in [0.5, 0.6) is 5.75 Å². The van der Waals surface area contributed by atoms with Crippen molar-refractivity contribution in [1.82, 2.24) is 5.32 Å². The van der Waals surface area contributed by atoms with Gasteiger partial charge in [0.1, 0.15) is 5.75 Å². The van der Waals surface area contributed by atoms with Gasteiger partial charge in [-0.3, -0.25) is 4.79 Å². The van der Waals surface area contributed by atoms with Crippen LogP contribution in [0.25, 0.3) is 0 Å². The molecule has 1 amide bonds. The van der Waals surface area contributed by atoms with Crippen LogP contribution in [-0.2, 0) is 4.79 Å². The van der Waals surface area contributed by atoms with Crippen molar-refractivity contribution in [3.63, 3.8) is 0 Å². The second-order valence-corrected chi connectivity index (χ2v) is 6.03. The third kappa shape index (κ3) is 4.74. The number of aliphatic hydroxyl groups is 1. The smallest absolute Gasteiger partial charge is 0.258 e. The highest BCUT2D eigenvalue weighted by atomic mass is 16.5. The van der Waals surface area contributed by atoms with Gasteiger partial charge in [0.25, 0.3) is 5.91 Å². The SMILES string of the molecule is Cc1ccc(C)c(OCC(=O)NC2CCC(CO)CC2)c1. The number of nitrogens with one attached hydrogen (secondary N) is 1. The van der Waals surface area contributed by atoms with Crippen molar-refractivity contribution in [2.75, 3.05) is 13.2 Å². The molecule has 1 aromatic carbocycles. The van der Waals surface area contributed by atoms with Crippen LogP contribution in [0.15, 0.2) is 18.2 Å². The molecule has 1 fully saturated rings. The van der Waals surface area contributed by atoms with Crippen molar-refractivity contribution in [2.24, 2.45) is 5.92 Å². The van der Waals surface area contributed by atoms with Crippen molar-refractivity contribution in [3.05, 3.63) is 29.3 Å². The number of benzene rings is 1. The standard InChI is InChI=1S/C17H25NO3/c1-12-3-4-13(2)16(9-12)21-11-17(20)18-15-7-5-14(10-19)6-8-15/h3-4,9,14-15,19H,5-8,10-11H2,1-2H3,(H,18,20). The maximum absolute atomic E-state index is 11.9. The molecule has 2 N–H and O–H groups in total. The summed E-state index contributed by atoms with van der Waals surface area (Å²) < 4.78 is 5.61. The lowest BCUT2D eigenvalue weighted by molar-refractivity contribution is -0.124. The zero-order chi connectivity index (χ0) is 15.2. The van der Waals surface area contributed by atoms with E-state index in [1.807, 2.05) is 32.0 Å². The summed E-state index contributed by atoms with van der Waals surface area (Å²) in [7, 11) is 0. The fourth-order valence-corrected chi connectivity index (χ4v) is 2.76. The van der Waals surface area contributed by atoms with Gasteiger partial charge in [-0.15, -0.1) is 0 Å². The molecule has 4 nitrogen and oxygen atoms in total. The molecule has 1 aliphatic carbocycles. The normalized spacial score (nSPS) is 21.9. The Bertz CT molecular complexity index is 479. The number of hydrogen-bond acceptors (Lipinski definition) is 3. The first-order chi connectivity index (χ1) is 10.1. The van der Waals surface area contributed by atoms with Crippen LogP contribution in [0.1, 0.15) is 36.8 Å². The molecule has 0 unspecified atom stereocenters. The molecular weight excluding hydrogens is 266 g/mol. The van der Waals surface area contributed by atoms with Gasteiger partial charge in [0.2, 0.25) is 0 Å². The minimum atomic E-state index is -0.0663. The Kier molecular flexibility index (Phi) is 5.62. The molecular formula is C17H25NO3. The molecule has 0 saturated heterocycles. The topological polar surface area (TPSA) is 58.6 Å². The van der Waals surface area contributed by atoms with E-state index in [9.17, 15) is 4.79 Å². The van der Waals surface area contributed by atoms with Crippen molar-refractivity contribution < 1.29 is 14.6 Å². The van der Waals surface area contributed by atoms with Crippen molar-refractivity contribution in [2.45, 2.75) is 45.6 Å². The Morgan fingerprint density at radius 1 is 1.29 bits per heavy atom. The molecule has 21 heavy (non-hydrogen) atoms. The average Bonchev–Trinajstić information content (AvgIpc) is 2.49. The number of hydrogen-bond donors (Lipinski definition) is 2. The molecule has 4 heteroatoms. The first kappa shape index (κ1) is 15.8. The largest absolute Gasteiger partial charge is 0.483 e. The van der Waals surface area contributed by atoms with Crippen molar-refractivity contribution >= 4 is 5.91 Å². The van der Waals surface area contributed by atoms with E-state index in [0.717, 1.165) is 42.6 Å². The summed E-state index contributed by atoms with van der Waals surface area (Å²) >= 11 is 0. The first-order valence-corrected chi connectivity index (χ1v) is 7.68. The van der Waals surface area contributed by atoms with Gasteiger partial charge in [0, 0.05) is 12.6 Å². The molecule has 1 aliphatic rings. The lowest BCUT2D eigenvalue weighted by atomic mass is 9.86. The Hall–Kier alpha value is -1.55. The Morgan fingerprint density at radius 3 is 2.67 bits per heavy atom. The van der Waals surface area contributed by atoms with Crippen LogP contribution in [0, 0.1) is 19.8 Å². The predicted molar refractivity (Wildman–Crippen MR) is 82.4 cm³/mol. The van der Waals surface area contributed by atoms with E-state index in [-0.39, 0.29) is 25.2 Å². The van der Waals surface area contributed by atoms with Gasteiger partial charge in [-0.1, -0.05) is 12.1 Å². The molecule has 0 aromatic heterocycles. The maximum Gasteiger partial charge on any atom is 0.258 e. The van der Waals surface area contributed by atoms with Gasteiger partial charge in [0.15, 0.2) is 6.61 Å². The minimum absolute atomic E-state index is 0.0597. The molecule has 0 radical (unpaired) electrons. The first-order valence-electron chi connectivity index (χ1n) is 7.68. The highest BCUT2D eigenvalue weighted by molar-refractivity contribution is 5.77. The number of aliphatic hydroxyl groups excluding tert-OH is 1. The van der Waals surface area contributed by atoms with Crippen molar-refractivity contribution in [1.29, 1.82) is 0 Å². The summed E-state index contributed by atoms with van der Waals surface area (Å²) in [4.78, 5) is 11.9. The average molecular weight is 291 g/mol. The molecule has 1 saturated carbocycles. The zero-order valence-corrected chi connectivity index (χ0v) is 12.9. The molecule has 0 atom stereocenters. The van der Waals surface area contributed by atoms with Crippen LogP contribution in [0.2, 0.25) is 0 Å². The second kappa shape index (κ2) is 7.46. The van der Waals surface area contributed by atoms with Gasteiger partial charge >= 0.3 is 0 Å². The highest BCUT2D eigenvalue weighted by Gasteiger charge is 2.21. The van der Waals surface area contributed by atoms with Crippen LogP contribution in [0.3, 0.4) is 0 Å². The lowest BCUT2D eigenvalue weighted by Crippen LogP contribution is -2.40. The highest BCUT2D eigenvalue weighted by Crippen LogP contribution is 2.23. The van der Waals surface area contributed by atoms with E-state index in [0.29, 0.717) is 5.92 Å². The fourth-order valence-electron chi connectivity index (χ4n) is 2.76. The van der Waals surface area contributed by atoms with Crippen LogP contribution < -0.4 is 10.1 Å². The number of rotatable bonds is 5. The molecule has 116 valence electrons. The van der Waals surface area contributed by atoms with Crippen LogP contribution >= 0.6 is 0 Å². The lowest BCUT2D eigenvalue weighted by Gasteiger charge is -2.27. The minimum Gasteiger partial charge on any atom is -0.483 e. The summed E-state index contributed by atoms with van der Waals surface area (Å²) in [5, 5.41) is 12.1. The Balaban J connectivity index is 1.76. The molecule has 1 aromatic rings. The van der Waals surface area contributed by atoms with E-state index in [1.165, 1.54) is 0 Å². The van der Waals surface area contributed by atoms with Gasteiger partial charge < -0.3 is 15.2 Å². The quantitative estimate of drug-likeness (QED) is 0.875. The monoisotopic (exact) mass is 291 g/mol. The second-order valence-electron chi connectivity index (χ2n) is 6.03. The molecule has 0 bridgehead atoms. The third-order valence-corrected chi connectivity index (χ3v) is 4.17. The van der Waals surface area contributed by atoms with Crippen LogP contribution in [0.4, 0.5) is 0 Å². The molecule has 0 heterocycles. The van der Waals surface area contributed by atoms with E-state index >= 15 is 0 Å². The maximum atomic E-state index is 11.9. The Labute approximate surface area is 126 Å². The summed E-state index contributed by atoms with van der Waals surface area (Å²) in [5.74, 6) is 1.11. The summed E-state index contributed by atoms with van der Waals surface area (Å²) in [6, 6.07) is 6.21. The van der Waals surface area contributed by atoms with E-state index in [1.54, 1.807) is 0 Å². The van der Waals surface area contributed by atoms with Crippen LogP contribution in [-0.4, -0.2) is 30.3 Å².